The van der Waals surface area contributed by atoms with Crippen LogP contribution in [0.25, 0.3) is 11.0 Å². The minimum atomic E-state index is 0.886. The maximum absolute atomic E-state index is 4.32. The van der Waals surface area contributed by atoms with Crippen molar-refractivity contribution in [2.75, 3.05) is 18.5 Å². The van der Waals surface area contributed by atoms with Gasteiger partial charge in [-0.2, -0.15) is 0 Å². The number of nitrogens with one attached hydrogen (secondary N) is 2. The van der Waals surface area contributed by atoms with Crippen molar-refractivity contribution >= 4 is 16.9 Å². The van der Waals surface area contributed by atoms with Crippen LogP contribution in [0.2, 0.25) is 0 Å². The molecule has 5 heteroatoms. The minimum Gasteiger partial charge on any atom is -0.346 e. The van der Waals surface area contributed by atoms with E-state index in [0.29, 0.717) is 0 Å². The Morgan fingerprint density at radius 2 is 1.94 bits per heavy atom. The van der Waals surface area contributed by atoms with Crippen molar-refractivity contribution < 1.29 is 0 Å². The van der Waals surface area contributed by atoms with Crippen molar-refractivity contribution in [1.82, 2.24) is 20.0 Å². The lowest BCUT2D eigenvalue weighted by atomic mass is 10.2. The summed E-state index contributed by atoms with van der Waals surface area (Å²) in [7, 11) is 0. The lowest BCUT2D eigenvalue weighted by Gasteiger charge is -2.21. The molecule has 1 fully saturated rings. The van der Waals surface area contributed by atoms with Gasteiger partial charge in [-0.25, -0.2) is 15.0 Å². The number of nitrogens with zero attached hydrogens (tertiary/aromatic N) is 3. The molecule has 0 unspecified atom stereocenters. The van der Waals surface area contributed by atoms with Gasteiger partial charge in [-0.15, -0.1) is 0 Å². The summed E-state index contributed by atoms with van der Waals surface area (Å²) in [5.41, 5.74) is 4.30. The topological polar surface area (TPSA) is 56.8 Å². The predicted molar refractivity (Wildman–Crippen MR) is 67.6 cm³/mol. The SMILES string of the molecule is c1nc(NN2CCCCCC2)c2cc[nH]c2n1. The first-order valence-electron chi connectivity index (χ1n) is 6.23. The lowest BCUT2D eigenvalue weighted by Crippen LogP contribution is -2.31. The summed E-state index contributed by atoms with van der Waals surface area (Å²) in [5.74, 6) is 0.901. The molecule has 3 rings (SSSR count). The van der Waals surface area contributed by atoms with Crippen LogP contribution in [0.15, 0.2) is 18.6 Å². The Bertz CT molecular complexity index is 484. The van der Waals surface area contributed by atoms with Crippen LogP contribution in [0.5, 0.6) is 0 Å². The molecule has 1 aliphatic heterocycles. The average molecular weight is 231 g/mol. The summed E-state index contributed by atoms with van der Waals surface area (Å²) >= 11 is 0. The molecule has 2 aromatic heterocycles. The molecule has 0 aliphatic carbocycles. The van der Waals surface area contributed by atoms with Crippen molar-refractivity contribution in [2.45, 2.75) is 25.7 Å². The van der Waals surface area contributed by atoms with Crippen molar-refractivity contribution in [1.29, 1.82) is 0 Å². The first kappa shape index (κ1) is 10.5. The number of aromatic nitrogens is 3. The molecule has 17 heavy (non-hydrogen) atoms. The van der Waals surface area contributed by atoms with Crippen molar-refractivity contribution in [3.8, 4) is 0 Å². The molecule has 3 heterocycles. The number of hydrogen-bond acceptors (Lipinski definition) is 4. The van der Waals surface area contributed by atoms with Gasteiger partial charge in [-0.05, 0) is 18.9 Å². The Labute approximate surface area is 100 Å². The Balaban J connectivity index is 1.81. The van der Waals surface area contributed by atoms with Crippen LogP contribution >= 0.6 is 0 Å². The summed E-state index contributed by atoms with van der Waals surface area (Å²) in [5, 5.41) is 3.32. The molecule has 0 atom stereocenters. The number of anilines is 1. The van der Waals surface area contributed by atoms with Crippen LogP contribution in [0, 0.1) is 0 Å². The largest absolute Gasteiger partial charge is 0.346 e. The second kappa shape index (κ2) is 4.71. The van der Waals surface area contributed by atoms with Gasteiger partial charge in [-0.3, -0.25) is 0 Å². The second-order valence-corrected chi connectivity index (χ2v) is 4.48. The van der Waals surface area contributed by atoms with Crippen LogP contribution in [0.1, 0.15) is 25.7 Å². The fraction of sp³-hybridized carbons (Fsp3) is 0.500. The van der Waals surface area contributed by atoms with E-state index in [9.17, 15) is 0 Å². The highest BCUT2D eigenvalue weighted by molar-refractivity contribution is 5.86. The third-order valence-corrected chi connectivity index (χ3v) is 3.22. The molecule has 2 aromatic rings. The summed E-state index contributed by atoms with van der Waals surface area (Å²) in [6.07, 6.45) is 8.68. The van der Waals surface area contributed by atoms with E-state index in [0.717, 1.165) is 29.9 Å². The number of rotatable bonds is 2. The number of H-pyrrole nitrogens is 1. The van der Waals surface area contributed by atoms with E-state index in [1.807, 2.05) is 12.3 Å². The maximum atomic E-state index is 4.32. The molecule has 0 bridgehead atoms. The molecule has 2 N–H and O–H groups in total. The average Bonchev–Trinajstić information content (AvgIpc) is 2.69. The van der Waals surface area contributed by atoms with E-state index in [-0.39, 0.29) is 0 Å². The standard InChI is InChI=1S/C12H17N5/c1-2-4-8-17(7-3-1)16-12-10-5-6-13-11(10)14-9-15-12/h5-6,9H,1-4,7-8H2,(H2,13,14,15,16). The molecule has 0 aromatic carbocycles. The Morgan fingerprint density at radius 3 is 2.76 bits per heavy atom. The van der Waals surface area contributed by atoms with E-state index in [1.165, 1.54) is 25.7 Å². The molecule has 0 saturated carbocycles. The third kappa shape index (κ3) is 2.24. The highest BCUT2D eigenvalue weighted by Crippen LogP contribution is 2.19. The number of hydrogen-bond donors (Lipinski definition) is 2. The summed E-state index contributed by atoms with van der Waals surface area (Å²) in [6, 6.07) is 2.01. The zero-order valence-electron chi connectivity index (χ0n) is 9.82. The van der Waals surface area contributed by atoms with Crippen LogP contribution in [0.4, 0.5) is 5.82 Å². The zero-order chi connectivity index (χ0) is 11.5. The Kier molecular flexibility index (Phi) is 2.92. The Morgan fingerprint density at radius 1 is 1.12 bits per heavy atom. The van der Waals surface area contributed by atoms with Gasteiger partial charge in [0.15, 0.2) is 5.82 Å². The van der Waals surface area contributed by atoms with E-state index in [2.05, 4.69) is 25.4 Å². The van der Waals surface area contributed by atoms with Gasteiger partial charge >= 0.3 is 0 Å². The van der Waals surface area contributed by atoms with Gasteiger partial charge in [0.2, 0.25) is 0 Å². The quantitative estimate of drug-likeness (QED) is 0.831. The molecular weight excluding hydrogens is 214 g/mol. The molecule has 5 nitrogen and oxygen atoms in total. The molecular formula is C12H17N5. The minimum absolute atomic E-state index is 0.886. The van der Waals surface area contributed by atoms with Gasteiger partial charge in [0.1, 0.15) is 12.0 Å². The van der Waals surface area contributed by atoms with Gasteiger partial charge in [0.05, 0.1) is 5.39 Å². The van der Waals surface area contributed by atoms with Crippen LogP contribution in [-0.4, -0.2) is 33.1 Å². The number of aromatic amines is 1. The first-order valence-corrected chi connectivity index (χ1v) is 6.23. The number of fused-ring (bicyclic) bond motifs is 1. The van der Waals surface area contributed by atoms with Crippen molar-refractivity contribution in [3.63, 3.8) is 0 Å². The Hall–Kier alpha value is -1.62. The highest BCUT2D eigenvalue weighted by Gasteiger charge is 2.11. The maximum Gasteiger partial charge on any atom is 0.153 e. The normalized spacial score (nSPS) is 18.1. The van der Waals surface area contributed by atoms with Crippen LogP contribution in [0.3, 0.4) is 0 Å². The second-order valence-electron chi connectivity index (χ2n) is 4.48. The summed E-state index contributed by atoms with van der Waals surface area (Å²) in [6.45, 7) is 2.19. The lowest BCUT2D eigenvalue weighted by molar-refractivity contribution is 0.342. The molecule has 0 amide bonds. The van der Waals surface area contributed by atoms with E-state index >= 15 is 0 Å². The van der Waals surface area contributed by atoms with Gasteiger partial charge in [-0.1, -0.05) is 12.8 Å². The van der Waals surface area contributed by atoms with Crippen LogP contribution < -0.4 is 5.43 Å². The first-order chi connectivity index (χ1) is 8.43. The van der Waals surface area contributed by atoms with Crippen LogP contribution in [-0.2, 0) is 0 Å². The third-order valence-electron chi connectivity index (χ3n) is 3.22. The molecule has 90 valence electrons. The molecule has 1 aliphatic rings. The fourth-order valence-corrected chi connectivity index (χ4v) is 2.29. The fourth-order valence-electron chi connectivity index (χ4n) is 2.29. The van der Waals surface area contributed by atoms with Crippen molar-refractivity contribution in [2.24, 2.45) is 0 Å². The van der Waals surface area contributed by atoms with Gasteiger partial charge in [0.25, 0.3) is 0 Å². The zero-order valence-corrected chi connectivity index (χ0v) is 9.82. The van der Waals surface area contributed by atoms with Gasteiger partial charge < -0.3 is 10.4 Å². The smallest absolute Gasteiger partial charge is 0.153 e. The van der Waals surface area contributed by atoms with E-state index in [4.69, 9.17) is 0 Å². The molecule has 0 spiro atoms. The van der Waals surface area contributed by atoms with Gasteiger partial charge in [0, 0.05) is 19.3 Å². The molecule has 1 saturated heterocycles. The van der Waals surface area contributed by atoms with E-state index in [1.54, 1.807) is 6.33 Å². The number of hydrazine groups is 1. The summed E-state index contributed by atoms with van der Waals surface area (Å²) in [4.78, 5) is 11.6. The highest BCUT2D eigenvalue weighted by atomic mass is 15.5. The molecule has 0 radical (unpaired) electrons. The summed E-state index contributed by atoms with van der Waals surface area (Å²) < 4.78 is 0. The van der Waals surface area contributed by atoms with E-state index < -0.39 is 0 Å². The predicted octanol–water partition coefficient (Wildman–Crippen LogP) is 2.16. The van der Waals surface area contributed by atoms with Crippen molar-refractivity contribution in [3.05, 3.63) is 18.6 Å². The monoisotopic (exact) mass is 231 g/mol.